The van der Waals surface area contributed by atoms with E-state index in [4.69, 9.17) is 0 Å². The van der Waals surface area contributed by atoms with Crippen LogP contribution in [0.5, 0.6) is 0 Å². The summed E-state index contributed by atoms with van der Waals surface area (Å²) in [5.41, 5.74) is -0.276. The molecule has 21 heavy (non-hydrogen) atoms. The Balaban J connectivity index is 1.77. The van der Waals surface area contributed by atoms with Crippen LogP contribution in [0.15, 0.2) is 17.1 Å². The molecule has 1 aromatic rings. The minimum atomic E-state index is -1.19. The topological polar surface area (TPSA) is 24.4 Å². The Hall–Kier alpha value is -1.17. The number of thioether (sulfide) groups is 1. The molecule has 0 radical (unpaired) electrons. The second kappa shape index (κ2) is 5.55. The van der Waals surface area contributed by atoms with Crippen molar-refractivity contribution in [2.24, 2.45) is 10.9 Å². The number of aliphatic imine (C=N–C) groups is 1. The van der Waals surface area contributed by atoms with E-state index in [2.05, 4.69) is 17.2 Å². The Morgan fingerprint density at radius 2 is 1.95 bits per heavy atom. The summed E-state index contributed by atoms with van der Waals surface area (Å²) in [4.78, 5) is 4.67. The average molecular weight is 314 g/mol. The van der Waals surface area contributed by atoms with E-state index < -0.39 is 17.5 Å². The van der Waals surface area contributed by atoms with Gasteiger partial charge in [-0.1, -0.05) is 18.7 Å². The summed E-state index contributed by atoms with van der Waals surface area (Å²) in [5.74, 6) is -1.49. The Morgan fingerprint density at radius 1 is 1.24 bits per heavy atom. The van der Waals surface area contributed by atoms with E-state index in [1.807, 2.05) is 0 Å². The fraction of sp³-hybridized carbons (Fsp3) is 0.533. The van der Waals surface area contributed by atoms with Crippen molar-refractivity contribution in [3.63, 3.8) is 0 Å². The fourth-order valence-corrected chi connectivity index (χ4v) is 4.06. The maximum atomic E-state index is 13.7. The van der Waals surface area contributed by atoms with Crippen molar-refractivity contribution < 1.29 is 13.2 Å². The molecule has 1 heterocycles. The summed E-state index contributed by atoms with van der Waals surface area (Å²) in [7, 11) is 0. The van der Waals surface area contributed by atoms with E-state index in [0.29, 0.717) is 11.2 Å². The maximum absolute atomic E-state index is 13.7. The maximum Gasteiger partial charge on any atom is 0.182 e. The molecule has 0 saturated heterocycles. The number of nitrogens with one attached hydrogen (secondary N) is 1. The van der Waals surface area contributed by atoms with Crippen LogP contribution in [-0.2, 0) is 0 Å². The van der Waals surface area contributed by atoms with E-state index in [1.165, 1.54) is 11.8 Å². The molecule has 1 aliphatic heterocycles. The Bertz CT molecular complexity index is 581. The minimum Gasteiger partial charge on any atom is -0.332 e. The predicted octanol–water partition coefficient (Wildman–Crippen LogP) is 4.57. The van der Waals surface area contributed by atoms with Crippen LogP contribution in [0, 0.1) is 23.4 Å². The molecule has 2 aliphatic rings. The SMILES string of the molecule is CC1CCC2(CC1)CSC(Nc1cc(F)cc(F)c1F)=N2. The van der Waals surface area contributed by atoms with E-state index >= 15 is 0 Å². The van der Waals surface area contributed by atoms with Gasteiger partial charge in [0.15, 0.2) is 16.8 Å². The number of amidine groups is 1. The average Bonchev–Trinajstić information content (AvgIpc) is 2.82. The number of anilines is 1. The molecule has 114 valence electrons. The lowest BCUT2D eigenvalue weighted by molar-refractivity contribution is 0.273. The lowest BCUT2D eigenvalue weighted by Crippen LogP contribution is -2.32. The summed E-state index contributed by atoms with van der Waals surface area (Å²) in [6.45, 7) is 2.24. The van der Waals surface area contributed by atoms with Gasteiger partial charge in [0.1, 0.15) is 5.82 Å². The van der Waals surface area contributed by atoms with Crippen LogP contribution < -0.4 is 5.32 Å². The Kier molecular flexibility index (Phi) is 3.90. The van der Waals surface area contributed by atoms with Gasteiger partial charge in [-0.3, -0.25) is 4.99 Å². The third-order valence-electron chi connectivity index (χ3n) is 4.26. The van der Waals surface area contributed by atoms with E-state index in [1.54, 1.807) is 0 Å². The lowest BCUT2D eigenvalue weighted by Gasteiger charge is -2.32. The first kappa shape index (κ1) is 14.8. The van der Waals surface area contributed by atoms with Crippen LogP contribution >= 0.6 is 11.8 Å². The first-order valence-corrected chi connectivity index (χ1v) is 8.10. The number of halogens is 3. The summed E-state index contributed by atoms with van der Waals surface area (Å²) >= 11 is 1.49. The summed E-state index contributed by atoms with van der Waals surface area (Å²) in [5, 5.41) is 3.28. The zero-order valence-electron chi connectivity index (χ0n) is 11.8. The molecule has 0 bridgehead atoms. The first-order valence-electron chi connectivity index (χ1n) is 7.12. The van der Waals surface area contributed by atoms with Gasteiger partial charge in [0.2, 0.25) is 0 Å². The van der Waals surface area contributed by atoms with Gasteiger partial charge in [0.25, 0.3) is 0 Å². The van der Waals surface area contributed by atoms with Crippen molar-refractivity contribution in [2.75, 3.05) is 11.1 Å². The highest BCUT2D eigenvalue weighted by Gasteiger charge is 2.38. The van der Waals surface area contributed by atoms with Crippen LogP contribution in [0.1, 0.15) is 32.6 Å². The van der Waals surface area contributed by atoms with Gasteiger partial charge in [0.05, 0.1) is 11.2 Å². The molecule has 2 nitrogen and oxygen atoms in total. The zero-order valence-corrected chi connectivity index (χ0v) is 12.6. The van der Waals surface area contributed by atoms with Crippen molar-refractivity contribution in [3.8, 4) is 0 Å². The van der Waals surface area contributed by atoms with E-state index in [0.717, 1.165) is 43.4 Å². The molecule has 0 atom stereocenters. The zero-order chi connectivity index (χ0) is 15.0. The Labute approximate surface area is 126 Å². The summed E-state index contributed by atoms with van der Waals surface area (Å²) < 4.78 is 40.0. The first-order chi connectivity index (χ1) is 9.97. The number of benzene rings is 1. The molecule has 0 aromatic heterocycles. The van der Waals surface area contributed by atoms with Gasteiger partial charge < -0.3 is 5.32 Å². The quantitative estimate of drug-likeness (QED) is 0.768. The van der Waals surface area contributed by atoms with Crippen LogP contribution in [0.3, 0.4) is 0 Å². The number of hydrogen-bond donors (Lipinski definition) is 1. The monoisotopic (exact) mass is 314 g/mol. The summed E-state index contributed by atoms with van der Waals surface area (Å²) in [6, 6.07) is 1.49. The molecule has 1 fully saturated rings. The van der Waals surface area contributed by atoms with Crippen LogP contribution in [0.2, 0.25) is 0 Å². The van der Waals surface area contributed by atoms with Gasteiger partial charge in [-0.25, -0.2) is 13.2 Å². The number of rotatable bonds is 1. The van der Waals surface area contributed by atoms with Gasteiger partial charge in [0, 0.05) is 17.9 Å². The van der Waals surface area contributed by atoms with Crippen molar-refractivity contribution in [2.45, 2.75) is 38.1 Å². The molecule has 0 amide bonds. The molecule has 1 aromatic carbocycles. The minimum absolute atomic E-state index is 0.0815. The van der Waals surface area contributed by atoms with Crippen molar-refractivity contribution in [1.82, 2.24) is 0 Å². The highest BCUT2D eigenvalue weighted by atomic mass is 32.2. The molecule has 1 N–H and O–H groups in total. The van der Waals surface area contributed by atoms with Gasteiger partial charge >= 0.3 is 0 Å². The fourth-order valence-electron chi connectivity index (χ4n) is 2.86. The van der Waals surface area contributed by atoms with Gasteiger partial charge in [-0.2, -0.15) is 0 Å². The molecule has 1 spiro atoms. The van der Waals surface area contributed by atoms with Crippen LogP contribution in [0.25, 0.3) is 0 Å². The van der Waals surface area contributed by atoms with Crippen LogP contribution in [-0.4, -0.2) is 16.5 Å². The molecule has 1 saturated carbocycles. The highest BCUT2D eigenvalue weighted by molar-refractivity contribution is 8.14. The van der Waals surface area contributed by atoms with Crippen LogP contribution in [0.4, 0.5) is 18.9 Å². The molecule has 3 rings (SSSR count). The van der Waals surface area contributed by atoms with Crippen molar-refractivity contribution in [3.05, 3.63) is 29.6 Å². The standard InChI is InChI=1S/C15H17F3N2S/c1-9-2-4-15(5-3-9)8-21-14(20-15)19-12-7-10(16)6-11(17)13(12)18/h6-7,9H,2-5,8H2,1H3,(H,19,20). The highest BCUT2D eigenvalue weighted by Crippen LogP contribution is 2.41. The third kappa shape index (κ3) is 3.05. The van der Waals surface area contributed by atoms with E-state index in [9.17, 15) is 13.2 Å². The lowest BCUT2D eigenvalue weighted by atomic mass is 9.79. The third-order valence-corrected chi connectivity index (χ3v) is 5.40. The second-order valence-electron chi connectivity index (χ2n) is 5.99. The molecule has 6 heteroatoms. The second-order valence-corrected chi connectivity index (χ2v) is 6.95. The predicted molar refractivity (Wildman–Crippen MR) is 80.2 cm³/mol. The summed E-state index contributed by atoms with van der Waals surface area (Å²) in [6.07, 6.45) is 4.32. The van der Waals surface area contributed by atoms with E-state index in [-0.39, 0.29) is 11.2 Å². The molecular weight excluding hydrogens is 297 g/mol. The van der Waals surface area contributed by atoms with Gasteiger partial charge in [-0.05, 0) is 31.6 Å². The molecule has 0 unspecified atom stereocenters. The Morgan fingerprint density at radius 3 is 2.67 bits per heavy atom. The number of nitrogens with zero attached hydrogens (tertiary/aromatic N) is 1. The normalized spacial score (nSPS) is 28.8. The van der Waals surface area contributed by atoms with Crippen molar-refractivity contribution in [1.29, 1.82) is 0 Å². The van der Waals surface area contributed by atoms with Gasteiger partial charge in [-0.15, -0.1) is 0 Å². The number of hydrogen-bond acceptors (Lipinski definition) is 3. The van der Waals surface area contributed by atoms with Crippen molar-refractivity contribution >= 4 is 22.6 Å². The largest absolute Gasteiger partial charge is 0.332 e. The molecular formula is C15H17F3N2S. The molecule has 1 aliphatic carbocycles. The smallest absolute Gasteiger partial charge is 0.182 e.